The molecule has 0 radical (unpaired) electrons. The normalized spacial score (nSPS) is 12.7. The molecule has 0 spiro atoms. The summed E-state index contributed by atoms with van der Waals surface area (Å²) in [5, 5.41) is 2.80. The predicted octanol–water partition coefficient (Wildman–Crippen LogP) is 4.00. The van der Waals surface area contributed by atoms with Gasteiger partial charge in [-0.2, -0.15) is 0 Å². The van der Waals surface area contributed by atoms with Gasteiger partial charge in [0.1, 0.15) is 12.6 Å². The largest absolute Gasteiger partial charge is 0.355 e. The number of carbonyl (C=O) groups excluding carboxylic acids is 2. The second kappa shape index (κ2) is 11.7. The summed E-state index contributed by atoms with van der Waals surface area (Å²) in [4.78, 5) is 28.0. The average molecular weight is 502 g/mol. The van der Waals surface area contributed by atoms with Crippen LogP contribution in [0.2, 0.25) is 0 Å². The topological polar surface area (TPSA) is 86.8 Å². The molecule has 7 nitrogen and oxygen atoms in total. The van der Waals surface area contributed by atoms with Crippen LogP contribution < -0.4 is 9.62 Å². The fourth-order valence-electron chi connectivity index (χ4n) is 3.96. The molecule has 1 atom stereocenters. The molecule has 0 aliphatic heterocycles. The Kier molecular flexibility index (Phi) is 9.49. The minimum Gasteiger partial charge on any atom is -0.355 e. The average Bonchev–Trinajstić information content (AvgIpc) is 2.76. The van der Waals surface area contributed by atoms with Crippen molar-refractivity contribution in [1.29, 1.82) is 0 Å². The van der Waals surface area contributed by atoms with Gasteiger partial charge in [-0.05, 0) is 48.9 Å². The van der Waals surface area contributed by atoms with E-state index in [0.29, 0.717) is 18.7 Å². The zero-order valence-corrected chi connectivity index (χ0v) is 22.8. The lowest BCUT2D eigenvalue weighted by molar-refractivity contribution is -0.140. The van der Waals surface area contributed by atoms with Crippen LogP contribution in [0, 0.1) is 6.92 Å². The van der Waals surface area contributed by atoms with E-state index in [9.17, 15) is 18.0 Å². The highest BCUT2D eigenvalue weighted by Crippen LogP contribution is 2.26. The Labute approximate surface area is 210 Å². The van der Waals surface area contributed by atoms with Gasteiger partial charge in [-0.25, -0.2) is 8.42 Å². The monoisotopic (exact) mass is 501 g/mol. The van der Waals surface area contributed by atoms with Gasteiger partial charge in [0.15, 0.2) is 0 Å². The number of amides is 2. The molecule has 0 saturated carbocycles. The first kappa shape index (κ1) is 28.4. The van der Waals surface area contributed by atoms with Crippen molar-refractivity contribution in [3.8, 4) is 0 Å². The summed E-state index contributed by atoms with van der Waals surface area (Å²) < 4.78 is 26.6. The molecular weight excluding hydrogens is 462 g/mol. The van der Waals surface area contributed by atoms with Gasteiger partial charge in [-0.1, -0.05) is 69.7 Å². The van der Waals surface area contributed by atoms with E-state index >= 15 is 0 Å². The quantitative estimate of drug-likeness (QED) is 0.533. The summed E-state index contributed by atoms with van der Waals surface area (Å²) in [7, 11) is -3.75. The highest BCUT2D eigenvalue weighted by Gasteiger charge is 2.31. The second-order valence-corrected chi connectivity index (χ2v) is 11.8. The summed E-state index contributed by atoms with van der Waals surface area (Å²) in [6.45, 7) is 12.1. The molecule has 2 rings (SSSR count). The zero-order chi connectivity index (χ0) is 26.4. The number of benzene rings is 2. The number of rotatable bonds is 10. The van der Waals surface area contributed by atoms with Gasteiger partial charge >= 0.3 is 0 Å². The van der Waals surface area contributed by atoms with Crippen LogP contribution in [-0.4, -0.2) is 50.5 Å². The van der Waals surface area contributed by atoms with E-state index in [0.717, 1.165) is 27.3 Å². The number of sulfonamides is 1. The number of anilines is 1. The molecule has 0 aromatic heterocycles. The van der Waals surface area contributed by atoms with Crippen molar-refractivity contribution in [2.45, 2.75) is 66.0 Å². The van der Waals surface area contributed by atoms with Gasteiger partial charge in [0.2, 0.25) is 21.8 Å². The van der Waals surface area contributed by atoms with Gasteiger partial charge < -0.3 is 10.2 Å². The van der Waals surface area contributed by atoms with Crippen molar-refractivity contribution >= 4 is 27.5 Å². The minimum absolute atomic E-state index is 0.0874. The van der Waals surface area contributed by atoms with Crippen LogP contribution >= 0.6 is 0 Å². The maximum absolute atomic E-state index is 13.6. The Morgan fingerprint density at radius 2 is 1.66 bits per heavy atom. The highest BCUT2D eigenvalue weighted by atomic mass is 32.2. The molecule has 2 aromatic rings. The van der Waals surface area contributed by atoms with Crippen LogP contribution in [0.3, 0.4) is 0 Å². The third-order valence-corrected chi connectivity index (χ3v) is 7.01. The first-order valence-electron chi connectivity index (χ1n) is 12.0. The third kappa shape index (κ3) is 7.82. The second-order valence-electron chi connectivity index (χ2n) is 9.90. The van der Waals surface area contributed by atoms with E-state index in [2.05, 4.69) is 26.1 Å². The number of nitrogens with one attached hydrogen (secondary N) is 1. The minimum atomic E-state index is -3.75. The van der Waals surface area contributed by atoms with Gasteiger partial charge in [0.25, 0.3) is 0 Å². The van der Waals surface area contributed by atoms with Crippen LogP contribution in [0.1, 0.15) is 57.7 Å². The Morgan fingerprint density at radius 1 is 1.03 bits per heavy atom. The molecule has 2 amide bonds. The predicted molar refractivity (Wildman–Crippen MR) is 142 cm³/mol. The molecule has 0 bridgehead atoms. The Bertz CT molecular complexity index is 1120. The van der Waals surface area contributed by atoms with E-state index in [-0.39, 0.29) is 17.9 Å². The molecule has 0 saturated heterocycles. The maximum Gasteiger partial charge on any atom is 0.244 e. The maximum atomic E-state index is 13.6. The summed E-state index contributed by atoms with van der Waals surface area (Å²) in [6.07, 6.45) is 1.49. The van der Waals surface area contributed by atoms with Crippen molar-refractivity contribution in [2.75, 3.05) is 23.7 Å². The summed E-state index contributed by atoms with van der Waals surface area (Å²) in [5.74, 6) is -0.689. The smallest absolute Gasteiger partial charge is 0.244 e. The molecule has 192 valence electrons. The first-order chi connectivity index (χ1) is 16.3. The van der Waals surface area contributed by atoms with Crippen LogP contribution in [0.5, 0.6) is 0 Å². The number of carbonyl (C=O) groups is 2. The Morgan fingerprint density at radius 3 is 2.14 bits per heavy atom. The van der Waals surface area contributed by atoms with Gasteiger partial charge in [-0.15, -0.1) is 0 Å². The summed E-state index contributed by atoms with van der Waals surface area (Å²) >= 11 is 0. The highest BCUT2D eigenvalue weighted by molar-refractivity contribution is 7.92. The molecule has 2 aromatic carbocycles. The van der Waals surface area contributed by atoms with Gasteiger partial charge in [-0.3, -0.25) is 13.9 Å². The van der Waals surface area contributed by atoms with Crippen molar-refractivity contribution in [3.05, 3.63) is 65.2 Å². The molecule has 1 N–H and O–H groups in total. The van der Waals surface area contributed by atoms with Crippen molar-refractivity contribution < 1.29 is 18.0 Å². The standard InChI is InChI=1S/C27H39N3O4S/c1-8-24(26(32)28-9-2)29(18-21-12-10-11-20(3)17-21)25(31)19-30(35(7,33)34)23-15-13-22(14-16-23)27(4,5)6/h10-17,24H,8-9,18-19H2,1-7H3,(H,28,32). The van der Waals surface area contributed by atoms with Gasteiger partial charge in [0, 0.05) is 13.1 Å². The molecule has 1 unspecified atom stereocenters. The van der Waals surface area contributed by atoms with Crippen molar-refractivity contribution in [2.24, 2.45) is 0 Å². The third-order valence-electron chi connectivity index (χ3n) is 5.87. The van der Waals surface area contributed by atoms with Crippen molar-refractivity contribution in [1.82, 2.24) is 10.2 Å². The Balaban J connectivity index is 2.44. The lowest BCUT2D eigenvalue weighted by Gasteiger charge is -2.33. The van der Waals surface area contributed by atoms with Crippen LogP contribution in [0.15, 0.2) is 48.5 Å². The fraction of sp³-hybridized carbons (Fsp3) is 0.481. The molecular formula is C27H39N3O4S. The van der Waals surface area contributed by atoms with E-state index < -0.39 is 28.5 Å². The SMILES string of the molecule is CCNC(=O)C(CC)N(Cc1cccc(C)c1)C(=O)CN(c1ccc(C(C)(C)C)cc1)S(C)(=O)=O. The van der Waals surface area contributed by atoms with E-state index in [1.54, 1.807) is 12.1 Å². The number of hydrogen-bond acceptors (Lipinski definition) is 4. The number of nitrogens with zero attached hydrogens (tertiary/aromatic N) is 2. The lowest BCUT2D eigenvalue weighted by Crippen LogP contribution is -2.52. The first-order valence-corrected chi connectivity index (χ1v) is 13.8. The van der Waals surface area contributed by atoms with Gasteiger partial charge in [0.05, 0.1) is 11.9 Å². The molecule has 0 aliphatic carbocycles. The number of aryl methyl sites for hydroxylation is 1. The Hall–Kier alpha value is -2.87. The van der Waals surface area contributed by atoms with Crippen LogP contribution in [0.25, 0.3) is 0 Å². The molecule has 0 aliphatic rings. The lowest BCUT2D eigenvalue weighted by atomic mass is 9.87. The van der Waals surface area contributed by atoms with E-state index in [1.807, 2.05) is 57.2 Å². The molecule has 0 fully saturated rings. The summed E-state index contributed by atoms with van der Waals surface area (Å²) in [6, 6.07) is 14.2. The number of likely N-dealkylation sites (N-methyl/N-ethyl adjacent to an activating group) is 1. The summed E-state index contributed by atoms with van der Waals surface area (Å²) in [5.41, 5.74) is 3.30. The van der Waals surface area contributed by atoms with E-state index in [4.69, 9.17) is 0 Å². The molecule has 35 heavy (non-hydrogen) atoms. The van der Waals surface area contributed by atoms with E-state index in [1.165, 1.54) is 4.90 Å². The molecule has 8 heteroatoms. The molecule has 0 heterocycles. The van der Waals surface area contributed by atoms with Crippen molar-refractivity contribution in [3.63, 3.8) is 0 Å². The van der Waals surface area contributed by atoms with Crippen LogP contribution in [0.4, 0.5) is 5.69 Å². The zero-order valence-electron chi connectivity index (χ0n) is 22.0. The number of hydrogen-bond donors (Lipinski definition) is 1. The van der Waals surface area contributed by atoms with Crippen LogP contribution in [-0.2, 0) is 31.6 Å². The fourth-order valence-corrected chi connectivity index (χ4v) is 4.81.